The smallest absolute Gasteiger partial charge is 0.244 e. The van der Waals surface area contributed by atoms with E-state index in [1.54, 1.807) is 18.2 Å². The second-order valence-electron chi connectivity index (χ2n) is 2.89. The average molecular weight is 222 g/mol. The molecule has 0 fully saturated rings. The molecule has 0 atom stereocenters. The molecule has 3 heteroatoms. The van der Waals surface area contributed by atoms with Crippen molar-refractivity contribution in [2.45, 2.75) is 0 Å². The van der Waals surface area contributed by atoms with E-state index in [1.165, 1.54) is 6.08 Å². The first-order chi connectivity index (χ1) is 7.24. The van der Waals surface area contributed by atoms with E-state index in [0.717, 1.165) is 5.56 Å². The van der Waals surface area contributed by atoms with Gasteiger partial charge >= 0.3 is 0 Å². The molecule has 1 aromatic rings. The molecular formula is C12H12ClNO. The maximum Gasteiger partial charge on any atom is 0.244 e. The first-order valence-corrected chi connectivity index (χ1v) is 4.93. The van der Waals surface area contributed by atoms with Gasteiger partial charge in [0.25, 0.3) is 0 Å². The molecule has 1 N–H and O–H groups in total. The van der Waals surface area contributed by atoms with Crippen molar-refractivity contribution < 1.29 is 4.79 Å². The van der Waals surface area contributed by atoms with Crippen LogP contribution < -0.4 is 5.32 Å². The predicted octanol–water partition coefficient (Wildman–Crippen LogP) is 2.66. The first-order valence-electron chi connectivity index (χ1n) is 4.55. The standard InChI is InChI=1S/C12H12ClNO/c1-2-9-14-12(15)8-7-10-5-3-4-6-11(10)13/h2-8H,1,9H2,(H,14,15)/b8-7-. The summed E-state index contributed by atoms with van der Waals surface area (Å²) in [7, 11) is 0. The van der Waals surface area contributed by atoms with Gasteiger partial charge in [0.1, 0.15) is 0 Å². The molecule has 1 aromatic carbocycles. The van der Waals surface area contributed by atoms with Crippen molar-refractivity contribution in [3.8, 4) is 0 Å². The zero-order valence-electron chi connectivity index (χ0n) is 8.24. The molecule has 0 aromatic heterocycles. The predicted molar refractivity (Wildman–Crippen MR) is 63.7 cm³/mol. The van der Waals surface area contributed by atoms with Crippen LogP contribution in [0.4, 0.5) is 0 Å². The minimum Gasteiger partial charge on any atom is -0.349 e. The summed E-state index contributed by atoms with van der Waals surface area (Å²) in [6.45, 7) is 3.97. The molecule has 0 aliphatic heterocycles. The second kappa shape index (κ2) is 6.04. The number of rotatable bonds is 4. The van der Waals surface area contributed by atoms with Gasteiger partial charge in [-0.05, 0) is 17.7 Å². The van der Waals surface area contributed by atoms with Crippen LogP contribution in [0.5, 0.6) is 0 Å². The average Bonchev–Trinajstić information content (AvgIpc) is 2.25. The van der Waals surface area contributed by atoms with E-state index in [0.29, 0.717) is 11.6 Å². The lowest BCUT2D eigenvalue weighted by molar-refractivity contribution is -0.116. The van der Waals surface area contributed by atoms with Crippen molar-refractivity contribution >= 4 is 23.6 Å². The Kier molecular flexibility index (Phi) is 4.64. The molecule has 0 spiro atoms. The van der Waals surface area contributed by atoms with Gasteiger partial charge < -0.3 is 5.32 Å². The lowest BCUT2D eigenvalue weighted by Crippen LogP contribution is -2.20. The van der Waals surface area contributed by atoms with Crippen LogP contribution in [0, 0.1) is 0 Å². The van der Waals surface area contributed by atoms with Gasteiger partial charge in [-0.1, -0.05) is 35.9 Å². The highest BCUT2D eigenvalue weighted by Crippen LogP contribution is 2.15. The highest BCUT2D eigenvalue weighted by molar-refractivity contribution is 6.32. The number of benzene rings is 1. The molecule has 15 heavy (non-hydrogen) atoms. The van der Waals surface area contributed by atoms with Crippen molar-refractivity contribution in [3.05, 3.63) is 53.6 Å². The first kappa shape index (κ1) is 11.5. The van der Waals surface area contributed by atoms with Crippen molar-refractivity contribution in [3.63, 3.8) is 0 Å². The van der Waals surface area contributed by atoms with Gasteiger partial charge in [-0.2, -0.15) is 0 Å². The van der Waals surface area contributed by atoms with Gasteiger partial charge in [0.2, 0.25) is 5.91 Å². The van der Waals surface area contributed by atoms with E-state index in [4.69, 9.17) is 11.6 Å². The number of hydrogen-bond donors (Lipinski definition) is 1. The quantitative estimate of drug-likeness (QED) is 0.615. The maximum atomic E-state index is 11.2. The van der Waals surface area contributed by atoms with E-state index in [2.05, 4.69) is 11.9 Å². The molecule has 2 nitrogen and oxygen atoms in total. The zero-order valence-corrected chi connectivity index (χ0v) is 9.00. The molecule has 1 rings (SSSR count). The normalized spacial score (nSPS) is 10.2. The second-order valence-corrected chi connectivity index (χ2v) is 3.30. The summed E-state index contributed by atoms with van der Waals surface area (Å²) in [6.07, 6.45) is 4.76. The molecule has 1 amide bonds. The van der Waals surface area contributed by atoms with Gasteiger partial charge in [-0.25, -0.2) is 0 Å². The summed E-state index contributed by atoms with van der Waals surface area (Å²) in [6, 6.07) is 7.34. The summed E-state index contributed by atoms with van der Waals surface area (Å²) in [5, 5.41) is 3.27. The van der Waals surface area contributed by atoms with E-state index in [1.807, 2.05) is 18.2 Å². The highest BCUT2D eigenvalue weighted by atomic mass is 35.5. The minimum absolute atomic E-state index is 0.158. The molecule has 0 radical (unpaired) electrons. The van der Waals surface area contributed by atoms with Crippen molar-refractivity contribution in [1.82, 2.24) is 5.32 Å². The highest BCUT2D eigenvalue weighted by Gasteiger charge is 1.95. The molecule has 0 saturated carbocycles. The Hall–Kier alpha value is -1.54. The van der Waals surface area contributed by atoms with Gasteiger partial charge in [0.15, 0.2) is 0 Å². The van der Waals surface area contributed by atoms with Gasteiger partial charge in [-0.3, -0.25) is 4.79 Å². The summed E-state index contributed by atoms with van der Waals surface area (Å²) in [5.74, 6) is -0.158. The Balaban J connectivity index is 2.61. The Morgan fingerprint density at radius 2 is 2.20 bits per heavy atom. The Labute approximate surface area is 94.3 Å². The number of nitrogens with one attached hydrogen (secondary N) is 1. The minimum atomic E-state index is -0.158. The van der Waals surface area contributed by atoms with Gasteiger partial charge in [-0.15, -0.1) is 6.58 Å². The van der Waals surface area contributed by atoms with Crippen LogP contribution in [0.1, 0.15) is 5.56 Å². The molecular weight excluding hydrogens is 210 g/mol. The lowest BCUT2D eigenvalue weighted by atomic mass is 10.2. The maximum absolute atomic E-state index is 11.2. The molecule has 0 heterocycles. The van der Waals surface area contributed by atoms with E-state index >= 15 is 0 Å². The summed E-state index contributed by atoms with van der Waals surface area (Å²) < 4.78 is 0. The van der Waals surface area contributed by atoms with Crippen molar-refractivity contribution in [2.24, 2.45) is 0 Å². The van der Waals surface area contributed by atoms with Crippen LogP contribution in [0.15, 0.2) is 43.0 Å². The number of amides is 1. The van der Waals surface area contributed by atoms with Gasteiger partial charge in [0, 0.05) is 17.6 Å². The summed E-state index contributed by atoms with van der Waals surface area (Å²) >= 11 is 5.91. The Bertz CT molecular complexity index is 385. The third kappa shape index (κ3) is 4.00. The molecule has 0 aliphatic carbocycles. The Morgan fingerprint density at radius 1 is 1.47 bits per heavy atom. The number of carbonyl (C=O) groups excluding carboxylic acids is 1. The van der Waals surface area contributed by atoms with Crippen molar-refractivity contribution in [1.29, 1.82) is 0 Å². The monoisotopic (exact) mass is 221 g/mol. The Morgan fingerprint density at radius 3 is 2.87 bits per heavy atom. The summed E-state index contributed by atoms with van der Waals surface area (Å²) in [4.78, 5) is 11.2. The molecule has 78 valence electrons. The van der Waals surface area contributed by atoms with Crippen LogP contribution in [-0.2, 0) is 4.79 Å². The zero-order chi connectivity index (χ0) is 11.1. The van der Waals surface area contributed by atoms with E-state index in [-0.39, 0.29) is 5.91 Å². The van der Waals surface area contributed by atoms with Crippen LogP contribution in [0.3, 0.4) is 0 Å². The third-order valence-electron chi connectivity index (χ3n) is 1.74. The fraction of sp³-hybridized carbons (Fsp3) is 0.0833. The van der Waals surface area contributed by atoms with Crippen LogP contribution >= 0.6 is 11.6 Å². The van der Waals surface area contributed by atoms with E-state index < -0.39 is 0 Å². The van der Waals surface area contributed by atoms with Crippen LogP contribution in [0.2, 0.25) is 5.02 Å². The number of halogens is 1. The topological polar surface area (TPSA) is 29.1 Å². The summed E-state index contributed by atoms with van der Waals surface area (Å²) in [5.41, 5.74) is 0.827. The molecule has 0 bridgehead atoms. The third-order valence-corrected chi connectivity index (χ3v) is 2.08. The SMILES string of the molecule is C=CCNC(=O)/C=C\c1ccccc1Cl. The lowest BCUT2D eigenvalue weighted by Gasteiger charge is -1.97. The molecule has 0 saturated heterocycles. The fourth-order valence-corrected chi connectivity index (χ4v) is 1.21. The van der Waals surface area contributed by atoms with Crippen LogP contribution in [0.25, 0.3) is 6.08 Å². The van der Waals surface area contributed by atoms with Crippen molar-refractivity contribution in [2.75, 3.05) is 6.54 Å². The fourth-order valence-electron chi connectivity index (χ4n) is 1.01. The van der Waals surface area contributed by atoms with Crippen LogP contribution in [-0.4, -0.2) is 12.5 Å². The number of hydrogen-bond acceptors (Lipinski definition) is 1. The largest absolute Gasteiger partial charge is 0.349 e. The van der Waals surface area contributed by atoms with E-state index in [9.17, 15) is 4.79 Å². The molecule has 0 unspecified atom stereocenters. The molecule has 0 aliphatic rings. The number of carbonyl (C=O) groups is 1. The van der Waals surface area contributed by atoms with Gasteiger partial charge in [0.05, 0.1) is 0 Å².